The Kier molecular flexibility index (Phi) is 6.69. The molecule has 3 aliphatic rings. The molecule has 2 aromatic rings. The summed E-state index contributed by atoms with van der Waals surface area (Å²) < 4.78 is 44.7. The van der Waals surface area contributed by atoms with Crippen LogP contribution < -0.4 is 10.6 Å². The number of hydrogen-bond acceptors (Lipinski definition) is 5. The maximum absolute atomic E-state index is 15.7. The van der Waals surface area contributed by atoms with Gasteiger partial charge in [-0.15, -0.1) is 0 Å². The van der Waals surface area contributed by atoms with Gasteiger partial charge in [-0.1, -0.05) is 56.3 Å². The first-order chi connectivity index (χ1) is 17.6. The molecule has 2 heterocycles. The molecule has 0 aromatic heterocycles. The van der Waals surface area contributed by atoms with Crippen LogP contribution in [-0.4, -0.2) is 39.9 Å². The van der Waals surface area contributed by atoms with Gasteiger partial charge in [0.25, 0.3) is 0 Å². The number of thioether (sulfide) groups is 1. The topological polar surface area (TPSA) is 78.4 Å². The summed E-state index contributed by atoms with van der Waals surface area (Å²) in [5.74, 6) is -4.53. The number of aliphatic hydroxyl groups is 1. The molecule has 0 radical (unpaired) electrons. The van der Waals surface area contributed by atoms with Crippen molar-refractivity contribution >= 4 is 34.4 Å². The van der Waals surface area contributed by atoms with Crippen LogP contribution in [0.15, 0.2) is 35.2 Å². The normalized spacial score (nSPS) is 32.4. The van der Waals surface area contributed by atoms with Gasteiger partial charge in [0, 0.05) is 22.9 Å². The van der Waals surface area contributed by atoms with Gasteiger partial charge in [0.05, 0.1) is 22.1 Å². The lowest BCUT2D eigenvalue weighted by Crippen LogP contribution is -2.57. The molecule has 3 N–H and O–H groups in total. The summed E-state index contributed by atoms with van der Waals surface area (Å²) in [6.45, 7) is 7.60. The first-order valence-corrected chi connectivity index (χ1v) is 13.8. The van der Waals surface area contributed by atoms with E-state index in [9.17, 15) is 23.5 Å². The SMILES string of the molecule is CC(C)(C)CC1NC(C(=O)NC2CC(C)(O)C2)C(c2cccc(Cl)c2F)C12C(=O)Sc1cc(F)c(F)cc12. The van der Waals surface area contributed by atoms with Crippen LogP contribution in [0.1, 0.15) is 64.0 Å². The second kappa shape index (κ2) is 9.25. The number of halogens is 4. The fourth-order valence-corrected chi connectivity index (χ4v) is 7.85. The zero-order valence-corrected chi connectivity index (χ0v) is 23.1. The van der Waals surface area contributed by atoms with Crippen LogP contribution in [-0.2, 0) is 15.0 Å². The molecular formula is C28H30ClF3N2O3S. The number of nitrogens with one attached hydrogen (secondary N) is 2. The minimum atomic E-state index is -1.57. The molecule has 1 aliphatic carbocycles. The predicted octanol–water partition coefficient (Wildman–Crippen LogP) is 5.22. The molecule has 1 saturated carbocycles. The number of carbonyl (C=O) groups is 2. The molecule has 4 unspecified atom stereocenters. The van der Waals surface area contributed by atoms with Gasteiger partial charge in [-0.25, -0.2) is 13.2 Å². The van der Waals surface area contributed by atoms with E-state index in [-0.39, 0.29) is 32.5 Å². The minimum absolute atomic E-state index is 0.0497. The van der Waals surface area contributed by atoms with E-state index >= 15 is 4.39 Å². The standard InChI is InChI=1S/C28H30ClF3N2O3S/c1-26(2,3)12-20-28(15-8-17(30)18(31)9-19(15)38-25(28)36)21(14-6-5-7-16(29)22(14)32)23(34-20)24(35)33-13-10-27(4,37)11-13/h5-9,13,20-21,23,34,37H,10-12H2,1-4H3,(H,33,35). The molecule has 0 bridgehead atoms. The molecule has 204 valence electrons. The molecule has 2 fully saturated rings. The van der Waals surface area contributed by atoms with Gasteiger partial charge in [0.15, 0.2) is 11.6 Å². The second-order valence-corrected chi connectivity index (χ2v) is 13.6. The molecule has 5 rings (SSSR count). The quantitative estimate of drug-likeness (QED) is 0.473. The third kappa shape index (κ3) is 4.45. The van der Waals surface area contributed by atoms with Crippen LogP contribution in [0.4, 0.5) is 13.2 Å². The third-order valence-electron chi connectivity index (χ3n) is 7.90. The summed E-state index contributed by atoms with van der Waals surface area (Å²) in [6, 6.07) is 4.35. The first kappa shape index (κ1) is 27.5. The van der Waals surface area contributed by atoms with Gasteiger partial charge in [-0.05, 0) is 60.9 Å². The first-order valence-electron chi connectivity index (χ1n) is 12.6. The summed E-state index contributed by atoms with van der Waals surface area (Å²) in [5, 5.41) is 15.8. The lowest BCUT2D eigenvalue weighted by molar-refractivity contribution is -0.127. The number of benzene rings is 2. The average molecular weight is 567 g/mol. The maximum atomic E-state index is 15.7. The molecule has 4 atom stereocenters. The van der Waals surface area contributed by atoms with E-state index in [0.717, 1.165) is 23.9 Å². The largest absolute Gasteiger partial charge is 0.390 e. The molecule has 5 nitrogen and oxygen atoms in total. The summed E-state index contributed by atoms with van der Waals surface area (Å²) in [6.07, 6.45) is 1.11. The van der Waals surface area contributed by atoms with Gasteiger partial charge in [-0.3, -0.25) is 9.59 Å². The van der Waals surface area contributed by atoms with Crippen LogP contribution in [0.25, 0.3) is 0 Å². The fraction of sp³-hybridized carbons (Fsp3) is 0.500. The van der Waals surface area contributed by atoms with Crippen molar-refractivity contribution in [3.05, 3.63) is 63.9 Å². The summed E-state index contributed by atoms with van der Waals surface area (Å²) in [7, 11) is 0. The van der Waals surface area contributed by atoms with Crippen LogP contribution >= 0.6 is 23.4 Å². The molecule has 1 amide bonds. The number of fused-ring (bicyclic) bond motifs is 2. The summed E-state index contributed by atoms with van der Waals surface area (Å²) in [5.41, 5.74) is -2.51. The van der Waals surface area contributed by atoms with E-state index in [1.807, 2.05) is 20.8 Å². The van der Waals surface area contributed by atoms with Crippen LogP contribution in [0, 0.1) is 22.9 Å². The van der Waals surface area contributed by atoms with Crippen molar-refractivity contribution < 1.29 is 27.9 Å². The zero-order valence-electron chi connectivity index (χ0n) is 21.5. The maximum Gasteiger partial charge on any atom is 0.238 e. The second-order valence-electron chi connectivity index (χ2n) is 12.2. The predicted molar refractivity (Wildman–Crippen MR) is 140 cm³/mol. The van der Waals surface area contributed by atoms with Crippen LogP contribution in [0.5, 0.6) is 0 Å². The highest BCUT2D eigenvalue weighted by atomic mass is 35.5. The molecule has 10 heteroatoms. The van der Waals surface area contributed by atoms with Gasteiger partial charge < -0.3 is 15.7 Å². The Hall–Kier alpha value is -2.07. The average Bonchev–Trinajstić information content (AvgIpc) is 3.24. The zero-order chi connectivity index (χ0) is 27.8. The lowest BCUT2D eigenvalue weighted by Gasteiger charge is -2.42. The summed E-state index contributed by atoms with van der Waals surface area (Å²) in [4.78, 5) is 28.1. The Morgan fingerprint density at radius 2 is 1.87 bits per heavy atom. The Morgan fingerprint density at radius 1 is 1.21 bits per heavy atom. The van der Waals surface area contributed by atoms with Crippen molar-refractivity contribution in [2.24, 2.45) is 5.41 Å². The number of rotatable bonds is 4. The van der Waals surface area contributed by atoms with Crippen molar-refractivity contribution in [3.8, 4) is 0 Å². The van der Waals surface area contributed by atoms with Gasteiger partial charge in [0.2, 0.25) is 11.0 Å². The van der Waals surface area contributed by atoms with E-state index in [1.165, 1.54) is 12.1 Å². The fourth-order valence-electron chi connectivity index (χ4n) is 6.42. The van der Waals surface area contributed by atoms with Crippen molar-refractivity contribution in [2.75, 3.05) is 0 Å². The lowest BCUT2D eigenvalue weighted by atomic mass is 9.62. The highest BCUT2D eigenvalue weighted by Crippen LogP contribution is 2.60. The third-order valence-corrected chi connectivity index (χ3v) is 9.27. The number of hydrogen-bond donors (Lipinski definition) is 3. The van der Waals surface area contributed by atoms with E-state index in [0.29, 0.717) is 19.3 Å². The van der Waals surface area contributed by atoms with Crippen molar-refractivity contribution in [1.29, 1.82) is 0 Å². The van der Waals surface area contributed by atoms with E-state index in [1.54, 1.807) is 13.0 Å². The Labute approximate surface area is 228 Å². The van der Waals surface area contributed by atoms with Crippen molar-refractivity contribution in [2.45, 2.75) is 86.9 Å². The van der Waals surface area contributed by atoms with Gasteiger partial charge >= 0.3 is 0 Å². The van der Waals surface area contributed by atoms with E-state index in [2.05, 4.69) is 10.6 Å². The Balaban J connectivity index is 1.71. The van der Waals surface area contributed by atoms with Crippen LogP contribution in [0.2, 0.25) is 5.02 Å². The highest BCUT2D eigenvalue weighted by Gasteiger charge is 2.66. The Morgan fingerprint density at radius 3 is 2.50 bits per heavy atom. The minimum Gasteiger partial charge on any atom is -0.390 e. The molecule has 38 heavy (non-hydrogen) atoms. The van der Waals surface area contributed by atoms with E-state index < -0.39 is 57.5 Å². The number of carbonyl (C=O) groups excluding carboxylic acids is 2. The van der Waals surface area contributed by atoms with Gasteiger partial charge in [0.1, 0.15) is 5.82 Å². The molecule has 1 saturated heterocycles. The summed E-state index contributed by atoms with van der Waals surface area (Å²) >= 11 is 6.95. The van der Waals surface area contributed by atoms with Crippen molar-refractivity contribution in [1.82, 2.24) is 10.6 Å². The molecular weight excluding hydrogens is 537 g/mol. The molecule has 1 spiro atoms. The monoisotopic (exact) mass is 566 g/mol. The number of amides is 1. The molecule has 2 aliphatic heterocycles. The Bertz CT molecular complexity index is 1320. The van der Waals surface area contributed by atoms with Crippen LogP contribution in [0.3, 0.4) is 0 Å². The van der Waals surface area contributed by atoms with Crippen molar-refractivity contribution in [3.63, 3.8) is 0 Å². The van der Waals surface area contributed by atoms with Gasteiger partial charge in [-0.2, -0.15) is 0 Å². The van der Waals surface area contributed by atoms with E-state index in [4.69, 9.17) is 11.6 Å². The molecule has 2 aromatic carbocycles. The smallest absolute Gasteiger partial charge is 0.238 e. The highest BCUT2D eigenvalue weighted by molar-refractivity contribution is 8.14.